The van der Waals surface area contributed by atoms with Gasteiger partial charge in [-0.15, -0.1) is 0 Å². The molecule has 0 unspecified atom stereocenters. The number of rotatable bonds is 5. The number of hydrogen-bond acceptors (Lipinski definition) is 4. The summed E-state index contributed by atoms with van der Waals surface area (Å²) in [7, 11) is 0. The Bertz CT molecular complexity index is 418. The highest BCUT2D eigenvalue weighted by Gasteiger charge is 2.31. The number of aliphatic hydroxyl groups is 1. The van der Waals surface area contributed by atoms with E-state index in [0.29, 0.717) is 13.1 Å². The second-order valence-electron chi connectivity index (χ2n) is 4.98. The molecule has 0 saturated carbocycles. The van der Waals surface area contributed by atoms with Crippen LogP contribution in [0.1, 0.15) is 17.8 Å². The van der Waals surface area contributed by atoms with Crippen molar-refractivity contribution in [1.82, 2.24) is 15.1 Å². The van der Waals surface area contributed by atoms with E-state index in [-0.39, 0.29) is 12.3 Å². The van der Waals surface area contributed by atoms with Crippen LogP contribution < -0.4 is 0 Å². The van der Waals surface area contributed by atoms with E-state index < -0.39 is 12.1 Å². The number of aryl methyl sites for hydroxylation is 1. The van der Waals surface area contributed by atoms with Gasteiger partial charge in [0, 0.05) is 31.2 Å². The van der Waals surface area contributed by atoms with Gasteiger partial charge >= 0.3 is 5.97 Å². The molecule has 6 nitrogen and oxygen atoms in total. The summed E-state index contributed by atoms with van der Waals surface area (Å²) in [5.41, 5.74) is 1.97. The summed E-state index contributed by atoms with van der Waals surface area (Å²) in [5.74, 6) is -0.655. The summed E-state index contributed by atoms with van der Waals surface area (Å²) in [6.07, 6.45) is 0.464. The Hall–Kier alpha value is -1.40. The lowest BCUT2D eigenvalue weighted by molar-refractivity contribution is -0.137. The number of carboxylic acid groups (broad SMARTS) is 1. The molecule has 1 aliphatic rings. The molecule has 0 radical (unpaired) electrons. The third kappa shape index (κ3) is 3.30. The van der Waals surface area contributed by atoms with E-state index in [1.807, 2.05) is 17.9 Å². The Labute approximate surface area is 106 Å². The van der Waals surface area contributed by atoms with Gasteiger partial charge in [0.15, 0.2) is 0 Å². The normalized spacial score (nSPS) is 24.6. The van der Waals surface area contributed by atoms with Crippen LogP contribution in [0.25, 0.3) is 0 Å². The molecule has 0 amide bonds. The van der Waals surface area contributed by atoms with Gasteiger partial charge in [-0.25, -0.2) is 0 Å². The summed E-state index contributed by atoms with van der Waals surface area (Å²) in [5, 5.41) is 25.7. The van der Waals surface area contributed by atoms with E-state index in [4.69, 9.17) is 5.11 Å². The number of aliphatic hydroxyl groups excluding tert-OH is 1. The zero-order chi connectivity index (χ0) is 13.1. The molecule has 0 bridgehead atoms. The first-order chi connectivity index (χ1) is 8.54. The van der Waals surface area contributed by atoms with Crippen molar-refractivity contribution in [2.24, 2.45) is 5.92 Å². The molecule has 1 fully saturated rings. The van der Waals surface area contributed by atoms with Crippen LogP contribution in [0.3, 0.4) is 0 Å². The highest BCUT2D eigenvalue weighted by Crippen LogP contribution is 2.21. The van der Waals surface area contributed by atoms with E-state index >= 15 is 0 Å². The summed E-state index contributed by atoms with van der Waals surface area (Å²) in [6, 6.07) is 1.98. The molecule has 0 aromatic carbocycles. The summed E-state index contributed by atoms with van der Waals surface area (Å²) >= 11 is 0. The lowest BCUT2D eigenvalue weighted by atomic mass is 10.0. The van der Waals surface area contributed by atoms with Crippen LogP contribution >= 0.6 is 0 Å². The lowest BCUT2D eigenvalue weighted by Gasteiger charge is -2.13. The molecule has 2 rings (SSSR count). The van der Waals surface area contributed by atoms with Gasteiger partial charge in [-0.2, -0.15) is 5.10 Å². The average Bonchev–Trinajstić information content (AvgIpc) is 2.84. The van der Waals surface area contributed by atoms with Crippen molar-refractivity contribution in [3.8, 4) is 0 Å². The first kappa shape index (κ1) is 13.0. The number of likely N-dealkylation sites (tertiary alicyclic amines) is 1. The van der Waals surface area contributed by atoms with Crippen LogP contribution in [-0.2, 0) is 11.2 Å². The van der Waals surface area contributed by atoms with Crippen LogP contribution in [0.15, 0.2) is 6.07 Å². The monoisotopic (exact) mass is 253 g/mol. The average molecular weight is 253 g/mol. The minimum absolute atomic E-state index is 0.126. The maximum atomic E-state index is 10.5. The van der Waals surface area contributed by atoms with E-state index in [0.717, 1.165) is 24.4 Å². The van der Waals surface area contributed by atoms with Crippen molar-refractivity contribution >= 4 is 5.97 Å². The van der Waals surface area contributed by atoms with Gasteiger partial charge in [0.1, 0.15) is 0 Å². The Morgan fingerprint density at radius 3 is 3.00 bits per heavy atom. The molecule has 1 aliphatic heterocycles. The van der Waals surface area contributed by atoms with Crippen molar-refractivity contribution in [2.75, 3.05) is 19.6 Å². The summed E-state index contributed by atoms with van der Waals surface area (Å²) in [6.45, 7) is 3.74. The van der Waals surface area contributed by atoms with Crippen molar-refractivity contribution < 1.29 is 15.0 Å². The second-order valence-corrected chi connectivity index (χ2v) is 4.98. The SMILES string of the molecule is Cc1cc(C[C@@H]2CN(CCC(=O)O)C[C@H]2O)n[nH]1. The van der Waals surface area contributed by atoms with Gasteiger partial charge in [-0.1, -0.05) is 0 Å². The number of hydrogen-bond donors (Lipinski definition) is 3. The molecule has 0 spiro atoms. The number of carbonyl (C=O) groups is 1. The Morgan fingerprint density at radius 1 is 1.61 bits per heavy atom. The minimum atomic E-state index is -0.795. The van der Waals surface area contributed by atoms with Crippen LogP contribution in [0, 0.1) is 12.8 Å². The maximum Gasteiger partial charge on any atom is 0.304 e. The number of aromatic nitrogens is 2. The van der Waals surface area contributed by atoms with Gasteiger partial charge in [0.05, 0.1) is 18.2 Å². The third-order valence-corrected chi connectivity index (χ3v) is 3.35. The van der Waals surface area contributed by atoms with Gasteiger partial charge in [-0.05, 0) is 19.4 Å². The van der Waals surface area contributed by atoms with Gasteiger partial charge < -0.3 is 10.2 Å². The zero-order valence-electron chi connectivity index (χ0n) is 10.5. The maximum absolute atomic E-state index is 10.5. The number of nitrogens with zero attached hydrogens (tertiary/aromatic N) is 2. The molecular formula is C12H19N3O3. The number of aliphatic carboxylic acids is 1. The summed E-state index contributed by atoms with van der Waals surface area (Å²) < 4.78 is 0. The van der Waals surface area contributed by atoms with Crippen molar-refractivity contribution in [3.05, 3.63) is 17.5 Å². The molecule has 6 heteroatoms. The van der Waals surface area contributed by atoms with Crippen molar-refractivity contribution in [2.45, 2.75) is 25.9 Å². The molecule has 0 aliphatic carbocycles. The van der Waals surface area contributed by atoms with Crippen LogP contribution in [0.5, 0.6) is 0 Å². The summed E-state index contributed by atoms with van der Waals surface area (Å²) in [4.78, 5) is 12.5. The molecule has 2 atom stereocenters. The van der Waals surface area contributed by atoms with E-state index in [1.165, 1.54) is 0 Å². The molecule has 1 saturated heterocycles. The van der Waals surface area contributed by atoms with Crippen LogP contribution in [0.4, 0.5) is 0 Å². The minimum Gasteiger partial charge on any atom is -0.481 e. The third-order valence-electron chi connectivity index (χ3n) is 3.35. The van der Waals surface area contributed by atoms with Gasteiger partial charge in [0.25, 0.3) is 0 Å². The predicted molar refractivity (Wildman–Crippen MR) is 65.2 cm³/mol. The van der Waals surface area contributed by atoms with Crippen LogP contribution in [0.2, 0.25) is 0 Å². The second kappa shape index (κ2) is 5.49. The lowest BCUT2D eigenvalue weighted by Crippen LogP contribution is -2.24. The molecule has 100 valence electrons. The first-order valence-electron chi connectivity index (χ1n) is 6.17. The van der Waals surface area contributed by atoms with Crippen LogP contribution in [-0.4, -0.2) is 57.0 Å². The highest BCUT2D eigenvalue weighted by atomic mass is 16.4. The molecule has 1 aromatic rings. The quantitative estimate of drug-likeness (QED) is 0.689. The molecule has 1 aromatic heterocycles. The van der Waals surface area contributed by atoms with E-state index in [2.05, 4.69) is 10.2 Å². The highest BCUT2D eigenvalue weighted by molar-refractivity contribution is 5.66. The number of carboxylic acids is 1. The Balaban J connectivity index is 1.85. The zero-order valence-corrected chi connectivity index (χ0v) is 10.5. The fourth-order valence-electron chi connectivity index (χ4n) is 2.43. The molecule has 18 heavy (non-hydrogen) atoms. The number of β-amino-alcohol motifs (C(OH)–C–C–N with tert-alkyl or cyclic N) is 1. The topological polar surface area (TPSA) is 89.5 Å². The Kier molecular flexibility index (Phi) is 3.98. The van der Waals surface area contributed by atoms with Crippen molar-refractivity contribution in [1.29, 1.82) is 0 Å². The largest absolute Gasteiger partial charge is 0.481 e. The predicted octanol–water partition coefficient (Wildman–Crippen LogP) is 0.0280. The molecule has 3 N–H and O–H groups in total. The fourth-order valence-corrected chi connectivity index (χ4v) is 2.43. The van der Waals surface area contributed by atoms with Gasteiger partial charge in [-0.3, -0.25) is 14.8 Å². The first-order valence-corrected chi connectivity index (χ1v) is 6.17. The number of aromatic amines is 1. The number of nitrogens with one attached hydrogen (secondary N) is 1. The molecular weight excluding hydrogens is 234 g/mol. The van der Waals surface area contributed by atoms with E-state index in [1.54, 1.807) is 0 Å². The smallest absolute Gasteiger partial charge is 0.304 e. The Morgan fingerprint density at radius 2 is 2.39 bits per heavy atom. The van der Waals surface area contributed by atoms with Crippen molar-refractivity contribution in [3.63, 3.8) is 0 Å². The fraction of sp³-hybridized carbons (Fsp3) is 0.667. The standard InChI is InChI=1S/C12H19N3O3/c1-8-4-10(14-13-8)5-9-6-15(7-11(9)16)3-2-12(17)18/h4,9,11,16H,2-3,5-7H2,1H3,(H,13,14)(H,17,18)/t9-,11-/m1/s1. The van der Waals surface area contributed by atoms with Gasteiger partial charge in [0.2, 0.25) is 0 Å². The molecule has 2 heterocycles. The van der Waals surface area contributed by atoms with E-state index in [9.17, 15) is 9.90 Å². The number of H-pyrrole nitrogens is 1.